The number of H-pyrrole nitrogens is 2. The van der Waals surface area contributed by atoms with E-state index < -0.39 is 0 Å². The second-order valence-corrected chi connectivity index (χ2v) is 13.5. The summed E-state index contributed by atoms with van der Waals surface area (Å²) in [4.78, 5) is 18.4. The first-order valence-electron chi connectivity index (χ1n) is 17.4. The fourth-order valence-corrected chi connectivity index (χ4v) is 7.09. The van der Waals surface area contributed by atoms with Crippen LogP contribution in [0.2, 0.25) is 0 Å². The second-order valence-electron chi connectivity index (χ2n) is 13.5. The largest absolute Gasteiger partial charge is 2.00 e. The molecule has 9 heteroatoms. The van der Waals surface area contributed by atoms with Crippen molar-refractivity contribution < 1.29 is 35.0 Å². The Morgan fingerprint density at radius 3 is 0.906 bits per heavy atom. The van der Waals surface area contributed by atoms with Gasteiger partial charge in [-0.05, 0) is 70.8 Å². The van der Waals surface area contributed by atoms with Crippen molar-refractivity contribution in [3.63, 3.8) is 0 Å². The number of pyridine rings is 4. The van der Waals surface area contributed by atoms with Crippen molar-refractivity contribution in [2.45, 2.75) is 0 Å². The van der Waals surface area contributed by atoms with Gasteiger partial charge < -0.3 is 9.97 Å². The van der Waals surface area contributed by atoms with E-state index in [0.717, 1.165) is 89.4 Å². The third-order valence-corrected chi connectivity index (χ3v) is 9.82. The number of hydrogen-bond acceptors (Lipinski definition) is 2. The van der Waals surface area contributed by atoms with Crippen LogP contribution in [0.5, 0.6) is 0 Å². The van der Waals surface area contributed by atoms with E-state index in [1.165, 1.54) is 0 Å². The molecule has 8 nitrogen and oxygen atoms in total. The maximum Gasteiger partial charge on any atom is 2.00 e. The van der Waals surface area contributed by atoms with Gasteiger partial charge in [0.25, 0.3) is 0 Å². The number of aryl methyl sites for hydroxylation is 4. The summed E-state index contributed by atoms with van der Waals surface area (Å²) in [6.07, 6.45) is 25.1. The fraction of sp³-hybridized carbons (Fsp3) is 0.0909. The molecule has 0 saturated heterocycles. The first kappa shape index (κ1) is 33.8. The van der Waals surface area contributed by atoms with Crippen molar-refractivity contribution in [2.75, 3.05) is 0 Å². The molecule has 0 saturated carbocycles. The van der Waals surface area contributed by atoms with Gasteiger partial charge >= 0.3 is 16.8 Å². The molecular formula is C44H38CoN8+6. The van der Waals surface area contributed by atoms with Crippen molar-refractivity contribution in [1.29, 1.82) is 0 Å². The molecule has 1 radical (unpaired) electrons. The Bertz CT molecular complexity index is 2590. The summed E-state index contributed by atoms with van der Waals surface area (Å²) in [5, 5.41) is 0. The van der Waals surface area contributed by atoms with E-state index in [-0.39, 0.29) is 16.8 Å². The third-order valence-electron chi connectivity index (χ3n) is 9.82. The van der Waals surface area contributed by atoms with Gasteiger partial charge in [0.1, 0.15) is 28.2 Å². The topological polar surface area (TPSA) is 72.9 Å². The van der Waals surface area contributed by atoms with Gasteiger partial charge in [-0.2, -0.15) is 0 Å². The Hall–Kier alpha value is -6.29. The first-order chi connectivity index (χ1) is 25.4. The number of hydrogen-bond donors (Lipinski definition) is 2. The molecule has 8 bridgehead atoms. The summed E-state index contributed by atoms with van der Waals surface area (Å²) in [5.74, 6) is 0. The molecular weight excluding hydrogens is 699 g/mol. The van der Waals surface area contributed by atoms with Crippen LogP contribution in [0.25, 0.3) is 90.9 Å². The molecule has 2 aliphatic heterocycles. The van der Waals surface area contributed by atoms with Crippen molar-refractivity contribution in [3.05, 3.63) is 145 Å². The zero-order chi connectivity index (χ0) is 35.3. The van der Waals surface area contributed by atoms with Crippen molar-refractivity contribution in [1.82, 2.24) is 19.9 Å². The third kappa shape index (κ3) is 6.30. The predicted molar refractivity (Wildman–Crippen MR) is 205 cm³/mol. The van der Waals surface area contributed by atoms with Crippen LogP contribution >= 0.6 is 0 Å². The molecule has 9 heterocycles. The van der Waals surface area contributed by atoms with Gasteiger partial charge in [0.2, 0.25) is 0 Å². The van der Waals surface area contributed by atoms with Crippen molar-refractivity contribution >= 4 is 46.4 Å². The Morgan fingerprint density at radius 1 is 0.340 bits per heavy atom. The maximum absolute atomic E-state index is 5.38. The molecule has 7 aromatic heterocycles. The number of aromatic amines is 2. The zero-order valence-electron chi connectivity index (χ0n) is 29.9. The Morgan fingerprint density at radius 2 is 0.585 bits per heavy atom. The smallest absolute Gasteiger partial charge is 0.354 e. The van der Waals surface area contributed by atoms with E-state index in [9.17, 15) is 0 Å². The van der Waals surface area contributed by atoms with Gasteiger partial charge in [-0.25, -0.2) is 28.2 Å². The zero-order valence-corrected chi connectivity index (χ0v) is 30.9. The molecule has 2 N–H and O–H groups in total. The Kier molecular flexibility index (Phi) is 8.73. The number of rotatable bonds is 4. The van der Waals surface area contributed by atoms with Gasteiger partial charge in [-0.3, -0.25) is 0 Å². The molecule has 0 atom stereocenters. The molecule has 0 fully saturated rings. The average molecular weight is 738 g/mol. The van der Waals surface area contributed by atoms with Crippen molar-refractivity contribution in [2.24, 2.45) is 28.2 Å². The normalized spacial score (nSPS) is 11.8. The molecule has 0 spiro atoms. The number of aromatic nitrogens is 8. The van der Waals surface area contributed by atoms with Crippen LogP contribution in [0.1, 0.15) is 22.8 Å². The van der Waals surface area contributed by atoms with E-state index in [0.29, 0.717) is 0 Å². The first-order valence-corrected chi connectivity index (χ1v) is 17.4. The summed E-state index contributed by atoms with van der Waals surface area (Å²) < 4.78 is 8.20. The van der Waals surface area contributed by atoms with E-state index in [4.69, 9.17) is 9.97 Å². The van der Waals surface area contributed by atoms with Crippen LogP contribution in [-0.4, -0.2) is 19.9 Å². The van der Waals surface area contributed by atoms with E-state index in [2.05, 4.69) is 161 Å². The Labute approximate surface area is 318 Å². The average Bonchev–Trinajstić information content (AvgIpc) is 3.99. The van der Waals surface area contributed by atoms with Gasteiger partial charge in [0.15, 0.2) is 49.6 Å². The number of nitrogens with one attached hydrogen (secondary N) is 2. The minimum Gasteiger partial charge on any atom is -0.354 e. The van der Waals surface area contributed by atoms with Crippen LogP contribution in [0.3, 0.4) is 0 Å². The summed E-state index contributed by atoms with van der Waals surface area (Å²) in [6.45, 7) is 0. The summed E-state index contributed by atoms with van der Waals surface area (Å²) >= 11 is 0. The van der Waals surface area contributed by atoms with Gasteiger partial charge in [-0.1, -0.05) is 0 Å². The molecule has 7 aromatic rings. The van der Waals surface area contributed by atoms with E-state index in [1.54, 1.807) is 0 Å². The standard InChI is InChI=1S/C44H37N8.Co/c1-49-21-13-29(14-22-49)41-33-5-7-35(45-33)42(30-15-23-50(2)24-16-30)37-9-11-39(47-37)44(32-19-27-52(4)28-20-32)40-12-10-38(48-40)43(36-8-6-34(41)46-36)31-17-25-51(3)26-18-31;/h5-28H,1-4H3,(H,45,46,47,48);/q+3;+2/p+1. The van der Waals surface area contributed by atoms with Crippen LogP contribution in [0.4, 0.5) is 0 Å². The number of nitrogens with zero attached hydrogens (tertiary/aromatic N) is 6. The predicted octanol–water partition coefficient (Wildman–Crippen LogP) is 6.62. The molecule has 9 rings (SSSR count). The summed E-state index contributed by atoms with van der Waals surface area (Å²) in [5.41, 5.74) is 15.9. The minimum atomic E-state index is 0. The monoisotopic (exact) mass is 737 g/mol. The molecule has 257 valence electrons. The maximum atomic E-state index is 5.38. The second kappa shape index (κ2) is 13.7. The quantitative estimate of drug-likeness (QED) is 0.200. The van der Waals surface area contributed by atoms with Gasteiger partial charge in [0.05, 0.1) is 22.8 Å². The number of fused-ring (bicyclic) bond motifs is 8. The Balaban J connectivity index is 0.00000400. The SMILES string of the molecule is C[n+]1ccc(-c2c3nc(c(-c4cc[n+](C)cc4)c4ccc([nH]4)c(-c4cc[n+](C)cc4)c4ccc([nH]4)c(-c4cc[n+](C)cc4)c4nc2C=C4)C=C3)cc1.[Co+2]. The molecule has 2 aliphatic rings. The van der Waals surface area contributed by atoms with Crippen molar-refractivity contribution in [3.8, 4) is 44.5 Å². The van der Waals surface area contributed by atoms with Gasteiger partial charge in [-0.15, -0.1) is 0 Å². The molecule has 0 aliphatic carbocycles. The van der Waals surface area contributed by atoms with Crippen LogP contribution in [0.15, 0.2) is 122 Å². The van der Waals surface area contributed by atoms with Gasteiger partial charge in [0, 0.05) is 92.9 Å². The van der Waals surface area contributed by atoms with E-state index in [1.807, 2.05) is 41.9 Å². The van der Waals surface area contributed by atoms with Crippen LogP contribution < -0.4 is 18.3 Å². The summed E-state index contributed by atoms with van der Waals surface area (Å²) in [7, 11) is 8.14. The summed E-state index contributed by atoms with van der Waals surface area (Å²) in [6, 6.07) is 25.9. The van der Waals surface area contributed by atoms with Crippen LogP contribution in [0, 0.1) is 0 Å². The molecule has 0 amide bonds. The molecule has 0 aromatic carbocycles. The van der Waals surface area contributed by atoms with E-state index >= 15 is 0 Å². The fourth-order valence-electron chi connectivity index (χ4n) is 7.09. The minimum absolute atomic E-state index is 0. The van der Waals surface area contributed by atoms with Crippen LogP contribution in [-0.2, 0) is 45.0 Å². The molecule has 53 heavy (non-hydrogen) atoms. The molecule has 0 unspecified atom stereocenters.